The molecule has 0 aliphatic carbocycles. The molecular formula is C47H36Cl4F6N2O9. The highest BCUT2D eigenvalue weighted by molar-refractivity contribution is 6.34. The average Bonchev–Trinajstić information content (AvgIpc) is 3.25. The van der Waals surface area contributed by atoms with E-state index < -0.39 is 80.2 Å². The number of pyridine rings is 2. The van der Waals surface area contributed by atoms with Crippen LogP contribution in [0, 0.1) is 0 Å². The van der Waals surface area contributed by atoms with Gasteiger partial charge in [-0.05, 0) is 71.8 Å². The Balaban J connectivity index is 1.30. The van der Waals surface area contributed by atoms with E-state index >= 15 is 13.2 Å². The number of alkyl halides is 6. The van der Waals surface area contributed by atoms with Crippen LogP contribution in [0.5, 0.6) is 23.0 Å². The van der Waals surface area contributed by atoms with E-state index in [1.165, 1.54) is 69.7 Å². The van der Waals surface area contributed by atoms with Crippen LogP contribution in [0.2, 0.25) is 20.1 Å². The zero-order valence-corrected chi connectivity index (χ0v) is 39.0. The Hall–Kier alpha value is -5.98. The summed E-state index contributed by atoms with van der Waals surface area (Å²) in [5.41, 5.74) is -10.4. The number of esters is 2. The molecule has 0 amide bonds. The van der Waals surface area contributed by atoms with Crippen molar-refractivity contribution in [2.75, 3.05) is 7.11 Å². The Morgan fingerprint density at radius 3 is 1.35 bits per heavy atom. The molecule has 4 atom stereocenters. The lowest BCUT2D eigenvalue weighted by molar-refractivity contribution is -0.274. The number of ether oxygens (including phenoxy) is 4. The summed E-state index contributed by atoms with van der Waals surface area (Å²) in [4.78, 5) is 50.2. The van der Waals surface area contributed by atoms with Crippen LogP contribution in [0.25, 0.3) is 0 Å². The Kier molecular flexibility index (Phi) is 14.8. The van der Waals surface area contributed by atoms with Gasteiger partial charge in [-0.3, -0.25) is 9.59 Å². The minimum atomic E-state index is -5.40. The third-order valence-corrected chi connectivity index (χ3v) is 12.5. The van der Waals surface area contributed by atoms with Crippen molar-refractivity contribution in [3.05, 3.63) is 184 Å². The number of nitrogens with zero attached hydrogens (tertiary/aromatic N) is 2. The minimum absolute atomic E-state index is 0.00500. The van der Waals surface area contributed by atoms with Gasteiger partial charge in [0.05, 0.1) is 28.3 Å². The molecule has 4 aromatic carbocycles. The maximum absolute atomic E-state index is 15.9. The fraction of sp³-hybridized carbons (Fsp3) is 0.234. The number of aryl methyl sites for hydroxylation is 2. The van der Waals surface area contributed by atoms with E-state index in [1.807, 2.05) is 0 Å². The van der Waals surface area contributed by atoms with Crippen molar-refractivity contribution in [2.24, 2.45) is 14.1 Å². The summed E-state index contributed by atoms with van der Waals surface area (Å²) in [6.45, 7) is 2.21. The molecule has 0 fully saturated rings. The monoisotopic (exact) mass is 1030 g/mol. The molecule has 1 N–H and O–H groups in total. The van der Waals surface area contributed by atoms with Crippen LogP contribution >= 0.6 is 46.4 Å². The molecular weight excluding hydrogens is 992 g/mol. The Labute approximate surface area is 402 Å². The predicted molar refractivity (Wildman–Crippen MR) is 241 cm³/mol. The van der Waals surface area contributed by atoms with Gasteiger partial charge in [-0.15, -0.1) is 0 Å². The zero-order chi connectivity index (χ0) is 50.3. The molecule has 0 saturated heterocycles. The lowest BCUT2D eigenvalue weighted by Crippen LogP contribution is -2.50. The van der Waals surface area contributed by atoms with Gasteiger partial charge in [0.25, 0.3) is 0 Å². The molecule has 4 unspecified atom stereocenters. The summed E-state index contributed by atoms with van der Waals surface area (Å²) in [7, 11) is 3.61. The number of aromatic nitrogens is 2. The summed E-state index contributed by atoms with van der Waals surface area (Å²) in [6, 6.07) is 18.1. The predicted octanol–water partition coefficient (Wildman–Crippen LogP) is 12.0. The number of hydrogen-bond donors (Lipinski definition) is 1. The van der Waals surface area contributed by atoms with Gasteiger partial charge in [-0.2, -0.15) is 26.3 Å². The highest BCUT2D eigenvalue weighted by Crippen LogP contribution is 2.54. The van der Waals surface area contributed by atoms with E-state index in [2.05, 4.69) is 4.74 Å². The molecule has 0 saturated carbocycles. The molecule has 0 aliphatic heterocycles. The zero-order valence-electron chi connectivity index (χ0n) is 35.9. The van der Waals surface area contributed by atoms with Gasteiger partial charge in [0.15, 0.2) is 5.60 Å². The van der Waals surface area contributed by atoms with Crippen LogP contribution in [0.15, 0.2) is 119 Å². The molecule has 6 aromatic rings. The summed E-state index contributed by atoms with van der Waals surface area (Å²) >= 11 is 25.8. The first-order chi connectivity index (χ1) is 31.7. The van der Waals surface area contributed by atoms with Crippen molar-refractivity contribution < 1.29 is 60.0 Å². The van der Waals surface area contributed by atoms with Gasteiger partial charge in [-0.1, -0.05) is 72.4 Å². The quantitative estimate of drug-likeness (QED) is 0.0886. The van der Waals surface area contributed by atoms with Crippen molar-refractivity contribution in [3.8, 4) is 23.0 Å². The smallest absolute Gasteiger partial charge is 0.433 e. The third-order valence-electron chi connectivity index (χ3n) is 11.2. The minimum Gasteiger partial charge on any atom is -0.465 e. The van der Waals surface area contributed by atoms with Crippen molar-refractivity contribution in [3.63, 3.8) is 0 Å². The number of halogens is 10. The summed E-state index contributed by atoms with van der Waals surface area (Å²) < 4.78 is 115. The second-order valence-electron chi connectivity index (χ2n) is 15.4. The fourth-order valence-corrected chi connectivity index (χ4v) is 8.64. The number of hydrogen-bond acceptors (Lipinski definition) is 9. The number of aliphatic hydroxyl groups is 1. The second-order valence-corrected chi connectivity index (χ2v) is 17.0. The first-order valence-electron chi connectivity index (χ1n) is 19.8. The molecule has 21 heteroatoms. The Morgan fingerprint density at radius 2 is 0.956 bits per heavy atom. The fourth-order valence-electron chi connectivity index (χ4n) is 7.48. The molecule has 11 nitrogen and oxygen atoms in total. The van der Waals surface area contributed by atoms with Gasteiger partial charge in [0, 0.05) is 83.8 Å². The van der Waals surface area contributed by atoms with Crippen molar-refractivity contribution >= 4 is 58.3 Å². The van der Waals surface area contributed by atoms with Crippen LogP contribution in [-0.4, -0.2) is 45.6 Å². The number of methoxy groups -OCH3 is 1. The standard InChI is InChI=1S/C47H36Cl4F6N2O9/c1-24(44(64,46(52,53)54)26-6-16-40(60)58(3)22-26)32-12-8-28(18-36(32)48)66-31-11-15-35(39(51)21-31)43(63)68-45(47(55,56)57,27-7-17-41(61)59(4)23-27)25(2)33-13-9-29(19-37(33)49)67-30-10-14-34(38(50)20-30)42(62)65-5/h6-25,64H,1-5H3. The number of carbonyl (C=O) groups is 2. The summed E-state index contributed by atoms with van der Waals surface area (Å²) in [6.07, 6.45) is -8.88. The molecule has 0 bridgehead atoms. The first kappa shape index (κ1) is 51.4. The highest BCUT2D eigenvalue weighted by Gasteiger charge is 2.64. The maximum Gasteiger partial charge on any atom is 0.433 e. The first-order valence-corrected chi connectivity index (χ1v) is 21.3. The average molecular weight is 1030 g/mol. The normalized spacial score (nSPS) is 14.5. The lowest BCUT2D eigenvalue weighted by Gasteiger charge is -2.40. The second kappa shape index (κ2) is 19.6. The maximum atomic E-state index is 15.9. The Morgan fingerprint density at radius 1 is 0.559 bits per heavy atom. The van der Waals surface area contributed by atoms with Crippen molar-refractivity contribution in [2.45, 2.75) is 49.2 Å². The van der Waals surface area contributed by atoms with Gasteiger partial charge in [-0.25, -0.2) is 9.59 Å². The molecule has 2 aromatic heterocycles. The topological polar surface area (TPSA) is 135 Å². The number of carbonyl (C=O) groups excluding carboxylic acids is 2. The van der Waals surface area contributed by atoms with Gasteiger partial charge < -0.3 is 33.2 Å². The van der Waals surface area contributed by atoms with Crippen molar-refractivity contribution in [1.29, 1.82) is 0 Å². The van der Waals surface area contributed by atoms with Gasteiger partial charge in [0.1, 0.15) is 23.0 Å². The molecule has 0 spiro atoms. The van der Waals surface area contributed by atoms with E-state index in [-0.39, 0.29) is 54.8 Å². The van der Waals surface area contributed by atoms with Crippen LogP contribution in [0.4, 0.5) is 26.3 Å². The SMILES string of the molecule is COC(=O)c1ccc(Oc2ccc(C(C)C(OC(=O)c3ccc(Oc4ccc(C(C)C(O)(c5ccc(=O)n(C)c5)C(F)(F)F)c(Cl)c4)cc3Cl)(c3ccc(=O)n(C)c3)C(F)(F)F)c(Cl)c2)cc1Cl. The summed E-state index contributed by atoms with van der Waals surface area (Å²) in [5.74, 6) is -5.75. The molecule has 6 rings (SSSR count). The van der Waals surface area contributed by atoms with Gasteiger partial charge in [0.2, 0.25) is 16.7 Å². The van der Waals surface area contributed by atoms with Crippen LogP contribution in [0.3, 0.4) is 0 Å². The molecule has 68 heavy (non-hydrogen) atoms. The van der Waals surface area contributed by atoms with E-state index in [0.717, 1.165) is 83.9 Å². The van der Waals surface area contributed by atoms with E-state index in [1.54, 1.807) is 0 Å². The molecule has 358 valence electrons. The van der Waals surface area contributed by atoms with Crippen LogP contribution in [-0.2, 0) is 34.8 Å². The number of rotatable bonds is 13. The highest BCUT2D eigenvalue weighted by atomic mass is 35.5. The van der Waals surface area contributed by atoms with Crippen molar-refractivity contribution in [1.82, 2.24) is 9.13 Å². The lowest BCUT2D eigenvalue weighted by atomic mass is 9.77. The largest absolute Gasteiger partial charge is 0.465 e. The van der Waals surface area contributed by atoms with Crippen LogP contribution < -0.4 is 20.6 Å². The number of benzene rings is 4. The Bertz CT molecular complexity index is 3050. The molecule has 0 aliphatic rings. The van der Waals surface area contributed by atoms with E-state index in [0.29, 0.717) is 0 Å². The van der Waals surface area contributed by atoms with Gasteiger partial charge >= 0.3 is 24.3 Å². The molecule has 0 radical (unpaired) electrons. The van der Waals surface area contributed by atoms with E-state index in [9.17, 15) is 37.5 Å². The molecule has 2 heterocycles. The van der Waals surface area contributed by atoms with Crippen LogP contribution in [0.1, 0.15) is 68.7 Å². The third kappa shape index (κ3) is 9.94. The van der Waals surface area contributed by atoms with E-state index in [4.69, 9.17) is 60.6 Å². The summed E-state index contributed by atoms with van der Waals surface area (Å²) in [5, 5.41) is 10.2.